The van der Waals surface area contributed by atoms with E-state index >= 15 is 0 Å². The summed E-state index contributed by atoms with van der Waals surface area (Å²) in [6, 6.07) is 13.8. The molecule has 2 nitrogen and oxygen atoms in total. The zero-order valence-corrected chi connectivity index (χ0v) is 12.7. The molecule has 3 heteroatoms. The molecule has 0 radical (unpaired) electrons. The fourth-order valence-corrected chi connectivity index (χ4v) is 2.84. The lowest BCUT2D eigenvalue weighted by Crippen LogP contribution is -2.43. The second kappa shape index (κ2) is 5.41. The summed E-state index contributed by atoms with van der Waals surface area (Å²) in [7, 11) is 0. The Balaban J connectivity index is 2.05. The Kier molecular flexibility index (Phi) is 3.57. The maximum absolute atomic E-state index is 13.6. The Morgan fingerprint density at radius 2 is 1.91 bits per heavy atom. The quantitative estimate of drug-likeness (QED) is 0.671. The minimum Gasteiger partial charge on any atom is -0.379 e. The number of ketones is 1. The average molecular weight is 295 g/mol. The van der Waals surface area contributed by atoms with Gasteiger partial charge in [-0.05, 0) is 38.0 Å². The third-order valence-corrected chi connectivity index (χ3v) is 3.80. The molecular weight excluding hydrogens is 277 g/mol. The Morgan fingerprint density at radius 3 is 2.64 bits per heavy atom. The highest BCUT2D eigenvalue weighted by molar-refractivity contribution is 6.08. The van der Waals surface area contributed by atoms with Crippen LogP contribution in [0.5, 0.6) is 0 Å². The first-order valence-corrected chi connectivity index (χ1v) is 7.33. The van der Waals surface area contributed by atoms with Crippen LogP contribution in [-0.4, -0.2) is 11.3 Å². The molecule has 1 aliphatic heterocycles. The average Bonchev–Trinajstić information content (AvgIpc) is 2.48. The largest absolute Gasteiger partial charge is 0.379 e. The van der Waals surface area contributed by atoms with Crippen molar-refractivity contribution < 1.29 is 9.18 Å². The number of nitrogens with one attached hydrogen (secondary N) is 1. The maximum atomic E-state index is 13.6. The van der Waals surface area contributed by atoms with Crippen LogP contribution in [0.15, 0.2) is 54.6 Å². The fraction of sp³-hybridized carbons (Fsp3) is 0.211. The van der Waals surface area contributed by atoms with Crippen LogP contribution in [0.4, 0.5) is 4.39 Å². The molecule has 0 bridgehead atoms. The Bertz CT molecular complexity index is 747. The predicted molar refractivity (Wildman–Crippen MR) is 86.1 cm³/mol. The molecule has 0 fully saturated rings. The van der Waals surface area contributed by atoms with Gasteiger partial charge in [-0.25, -0.2) is 4.39 Å². The smallest absolute Gasteiger partial charge is 0.187 e. The van der Waals surface area contributed by atoms with E-state index in [2.05, 4.69) is 19.2 Å². The zero-order chi connectivity index (χ0) is 15.7. The van der Waals surface area contributed by atoms with Crippen molar-refractivity contribution >= 4 is 11.5 Å². The van der Waals surface area contributed by atoms with E-state index in [0.29, 0.717) is 11.3 Å². The molecule has 0 saturated heterocycles. The summed E-state index contributed by atoms with van der Waals surface area (Å²) < 4.78 is 13.6. The lowest BCUT2D eigenvalue weighted by molar-refractivity contribution is 0.104. The summed E-state index contributed by atoms with van der Waals surface area (Å²) in [5.41, 5.74) is 2.95. The summed E-state index contributed by atoms with van der Waals surface area (Å²) in [4.78, 5) is 12.4. The highest BCUT2D eigenvalue weighted by Gasteiger charge is 2.28. The molecule has 0 amide bonds. The summed E-state index contributed by atoms with van der Waals surface area (Å²) in [6.45, 7) is 4.14. The number of benzene rings is 2. The first kappa shape index (κ1) is 14.5. The molecule has 2 aromatic rings. The van der Waals surface area contributed by atoms with Crippen molar-refractivity contribution in [2.75, 3.05) is 0 Å². The number of hydrogen-bond acceptors (Lipinski definition) is 2. The number of halogens is 1. The Morgan fingerprint density at radius 1 is 1.18 bits per heavy atom. The lowest BCUT2D eigenvalue weighted by Gasteiger charge is -2.35. The molecule has 22 heavy (non-hydrogen) atoms. The van der Waals surface area contributed by atoms with Gasteiger partial charge in [-0.2, -0.15) is 0 Å². The van der Waals surface area contributed by atoms with Crippen molar-refractivity contribution in [1.29, 1.82) is 0 Å². The SMILES string of the molecule is CC1(C)Cc2ccc(F)cc2/C(=C/C(=O)c2ccccc2)N1. The Hall–Kier alpha value is -2.42. The third kappa shape index (κ3) is 2.93. The van der Waals surface area contributed by atoms with E-state index in [1.165, 1.54) is 12.1 Å². The van der Waals surface area contributed by atoms with E-state index in [9.17, 15) is 9.18 Å². The van der Waals surface area contributed by atoms with E-state index in [1.54, 1.807) is 24.3 Å². The topological polar surface area (TPSA) is 29.1 Å². The van der Waals surface area contributed by atoms with Crippen molar-refractivity contribution in [2.24, 2.45) is 0 Å². The molecule has 2 aromatic carbocycles. The summed E-state index contributed by atoms with van der Waals surface area (Å²) >= 11 is 0. The summed E-state index contributed by atoms with van der Waals surface area (Å²) in [5, 5.41) is 3.35. The maximum Gasteiger partial charge on any atom is 0.187 e. The van der Waals surface area contributed by atoms with Crippen LogP contribution in [0, 0.1) is 5.82 Å². The minimum atomic E-state index is -0.293. The molecule has 112 valence electrons. The summed E-state index contributed by atoms with van der Waals surface area (Å²) in [6.07, 6.45) is 2.36. The van der Waals surface area contributed by atoms with Gasteiger partial charge in [0.15, 0.2) is 5.78 Å². The molecule has 0 aromatic heterocycles. The number of carbonyl (C=O) groups excluding carboxylic acids is 1. The van der Waals surface area contributed by atoms with E-state index in [-0.39, 0.29) is 17.1 Å². The molecular formula is C19H18FNO. The van der Waals surface area contributed by atoms with E-state index in [1.807, 2.05) is 18.2 Å². The second-order valence-corrected chi connectivity index (χ2v) is 6.28. The van der Waals surface area contributed by atoms with Crippen LogP contribution in [0.1, 0.15) is 35.3 Å². The van der Waals surface area contributed by atoms with Crippen molar-refractivity contribution in [3.63, 3.8) is 0 Å². The van der Waals surface area contributed by atoms with Crippen molar-refractivity contribution in [3.05, 3.63) is 77.1 Å². The van der Waals surface area contributed by atoms with E-state index < -0.39 is 0 Å². The predicted octanol–water partition coefficient (Wildman–Crippen LogP) is 3.97. The number of carbonyl (C=O) groups is 1. The van der Waals surface area contributed by atoms with Gasteiger partial charge in [0.1, 0.15) is 5.82 Å². The molecule has 0 unspecified atom stereocenters. The van der Waals surface area contributed by atoms with Crippen molar-refractivity contribution in [1.82, 2.24) is 5.32 Å². The van der Waals surface area contributed by atoms with E-state index in [4.69, 9.17) is 0 Å². The highest BCUT2D eigenvalue weighted by Crippen LogP contribution is 2.30. The van der Waals surface area contributed by atoms with Gasteiger partial charge >= 0.3 is 0 Å². The van der Waals surface area contributed by atoms with Gasteiger partial charge in [0, 0.05) is 28.4 Å². The summed E-state index contributed by atoms with van der Waals surface area (Å²) in [5.74, 6) is -0.380. The van der Waals surface area contributed by atoms with Crippen LogP contribution in [0.25, 0.3) is 5.70 Å². The molecule has 0 saturated carbocycles. The van der Waals surface area contributed by atoms with Crippen LogP contribution in [-0.2, 0) is 6.42 Å². The molecule has 3 rings (SSSR count). The fourth-order valence-electron chi connectivity index (χ4n) is 2.84. The van der Waals surface area contributed by atoms with Crippen LogP contribution in [0.2, 0.25) is 0 Å². The molecule has 1 aliphatic rings. The van der Waals surface area contributed by atoms with Gasteiger partial charge in [-0.3, -0.25) is 4.79 Å². The third-order valence-electron chi connectivity index (χ3n) is 3.80. The first-order valence-electron chi connectivity index (χ1n) is 7.33. The van der Waals surface area contributed by atoms with Crippen LogP contribution in [0.3, 0.4) is 0 Å². The molecule has 0 atom stereocenters. The lowest BCUT2D eigenvalue weighted by atomic mass is 9.85. The van der Waals surface area contributed by atoms with Crippen LogP contribution >= 0.6 is 0 Å². The van der Waals surface area contributed by atoms with Gasteiger partial charge in [0.05, 0.1) is 0 Å². The number of allylic oxidation sites excluding steroid dienone is 1. The Labute approximate surface area is 129 Å². The number of fused-ring (bicyclic) bond motifs is 1. The molecule has 0 spiro atoms. The first-order chi connectivity index (χ1) is 10.4. The molecule has 1 N–H and O–H groups in total. The standard InChI is InChI=1S/C19H18FNO/c1-19(2)12-14-8-9-15(20)10-16(14)17(21-19)11-18(22)13-6-4-3-5-7-13/h3-11,21H,12H2,1-2H3/b17-11-. The minimum absolute atomic E-state index is 0.0870. The monoisotopic (exact) mass is 295 g/mol. The van der Waals surface area contributed by atoms with Crippen molar-refractivity contribution in [2.45, 2.75) is 25.8 Å². The van der Waals surface area contributed by atoms with E-state index in [0.717, 1.165) is 17.5 Å². The normalized spacial score (nSPS) is 17.7. The number of hydrogen-bond donors (Lipinski definition) is 1. The van der Waals surface area contributed by atoms with Gasteiger partial charge in [-0.1, -0.05) is 36.4 Å². The van der Waals surface area contributed by atoms with Gasteiger partial charge in [-0.15, -0.1) is 0 Å². The van der Waals surface area contributed by atoms with Crippen LogP contribution < -0.4 is 5.32 Å². The second-order valence-electron chi connectivity index (χ2n) is 6.28. The van der Waals surface area contributed by atoms with Gasteiger partial charge in [0.2, 0.25) is 0 Å². The van der Waals surface area contributed by atoms with Gasteiger partial charge in [0.25, 0.3) is 0 Å². The van der Waals surface area contributed by atoms with Gasteiger partial charge < -0.3 is 5.32 Å². The van der Waals surface area contributed by atoms with Crippen molar-refractivity contribution in [3.8, 4) is 0 Å². The zero-order valence-electron chi connectivity index (χ0n) is 12.7. The molecule has 1 heterocycles. The highest BCUT2D eigenvalue weighted by atomic mass is 19.1. The number of rotatable bonds is 2. The molecule has 0 aliphatic carbocycles.